The Hall–Kier alpha value is -3.05. The van der Waals surface area contributed by atoms with E-state index in [-0.39, 0.29) is 40.9 Å². The second-order valence-corrected chi connectivity index (χ2v) is 16.1. The fourth-order valence-electron chi connectivity index (χ4n) is 8.16. The molecule has 1 aliphatic heterocycles. The molecule has 0 aromatic rings. The third-order valence-electron chi connectivity index (χ3n) is 11.3. The van der Waals surface area contributed by atoms with Crippen molar-refractivity contribution in [2.24, 2.45) is 51.3 Å². The lowest BCUT2D eigenvalue weighted by atomic mass is 9.80. The summed E-state index contributed by atoms with van der Waals surface area (Å²) in [5.41, 5.74) is 4.43. The third kappa shape index (κ3) is 7.19. The number of fused-ring (bicyclic) bond motifs is 1. The first-order valence-corrected chi connectivity index (χ1v) is 17.0. The van der Waals surface area contributed by atoms with Crippen molar-refractivity contribution in [3.05, 3.63) is 4.91 Å². The average Bonchev–Trinajstić information content (AvgIpc) is 3.93. The van der Waals surface area contributed by atoms with Gasteiger partial charge in [-0.3, -0.25) is 19.2 Å². The molecule has 0 radical (unpaired) electrons. The van der Waals surface area contributed by atoms with Crippen LogP contribution in [0, 0.1) is 45.3 Å². The summed E-state index contributed by atoms with van der Waals surface area (Å²) in [5, 5.41) is 12.2. The first-order valence-electron chi connectivity index (χ1n) is 17.0. The molecule has 12 nitrogen and oxygen atoms in total. The van der Waals surface area contributed by atoms with Crippen molar-refractivity contribution in [2.45, 2.75) is 129 Å². The van der Waals surface area contributed by atoms with Gasteiger partial charge in [0.05, 0.1) is 12.1 Å². The maximum absolute atomic E-state index is 14.3. The summed E-state index contributed by atoms with van der Waals surface area (Å²) in [4.78, 5) is 79.7. The van der Waals surface area contributed by atoms with Crippen LogP contribution in [0.1, 0.15) is 98.8 Å². The lowest BCUT2D eigenvalue weighted by molar-refractivity contribution is -0.145. The van der Waals surface area contributed by atoms with Gasteiger partial charge >= 0.3 is 6.03 Å². The molecule has 5 amide bonds. The van der Waals surface area contributed by atoms with E-state index in [4.69, 9.17) is 5.73 Å². The molecule has 0 bridgehead atoms. The number of nitrogens with two attached hydrogens (primary N) is 1. The van der Waals surface area contributed by atoms with Crippen molar-refractivity contribution < 1.29 is 24.0 Å². The van der Waals surface area contributed by atoms with Gasteiger partial charge in [0.25, 0.3) is 5.91 Å². The Morgan fingerprint density at radius 2 is 1.56 bits per heavy atom. The normalized spacial score (nSPS) is 28.6. The molecule has 12 heteroatoms. The van der Waals surface area contributed by atoms with Gasteiger partial charge in [-0.05, 0) is 72.5 Å². The molecular formula is C33H52N6O6. The highest BCUT2D eigenvalue weighted by Gasteiger charge is 2.70. The first kappa shape index (κ1) is 33.3. The summed E-state index contributed by atoms with van der Waals surface area (Å²) in [6, 6.07) is -4.23. The van der Waals surface area contributed by atoms with E-state index >= 15 is 0 Å². The second-order valence-electron chi connectivity index (χ2n) is 16.1. The van der Waals surface area contributed by atoms with Crippen LogP contribution < -0.4 is 21.7 Å². The number of hydrogen-bond donors (Lipinski definition) is 4. The average molecular weight is 629 g/mol. The molecule has 45 heavy (non-hydrogen) atoms. The quantitative estimate of drug-likeness (QED) is 0.180. The smallest absolute Gasteiger partial charge is 0.315 e. The van der Waals surface area contributed by atoms with Crippen molar-refractivity contribution in [1.29, 1.82) is 0 Å². The van der Waals surface area contributed by atoms with Crippen LogP contribution >= 0.6 is 0 Å². The number of carbonyl (C=O) groups excluding carboxylic acids is 5. The van der Waals surface area contributed by atoms with E-state index in [0.717, 1.165) is 57.8 Å². The van der Waals surface area contributed by atoms with Crippen LogP contribution in [-0.2, 0) is 19.2 Å². The van der Waals surface area contributed by atoms with Gasteiger partial charge in [-0.15, -0.1) is 0 Å². The van der Waals surface area contributed by atoms with Gasteiger partial charge in [0.15, 0.2) is 0 Å². The van der Waals surface area contributed by atoms with E-state index in [2.05, 4.69) is 35.0 Å². The monoisotopic (exact) mass is 628 g/mol. The number of rotatable bonds is 13. The minimum absolute atomic E-state index is 0.0917. The molecule has 4 saturated carbocycles. The van der Waals surface area contributed by atoms with E-state index in [1.807, 2.05) is 20.8 Å². The van der Waals surface area contributed by atoms with Gasteiger partial charge in [0.1, 0.15) is 18.1 Å². The fraction of sp³-hybridized carbons (Fsp3) is 0.848. The number of nitrogens with one attached hydrogen (secondary N) is 3. The highest BCUT2D eigenvalue weighted by molar-refractivity contribution is 6.37. The standard InChI is InChI=1S/C33H52N6O6/c1-32(2,3)27(37-31(44)36-23(18-9-7-6-8-10-18)24(38-45)19-13-14-19)30(43)39-16-20-22(33(20,4)5)25(39)29(42)35-21(15-17-11-12-17)26(40)28(34)41/h17-25,27H,6-16H2,1-5H3,(H2,34,41)(H,35,42)(H2,36,37,44)/t20-,21?,22-,23-,24?,25-,27+/m0/s1. The topological polar surface area (TPSA) is 180 Å². The molecule has 5 rings (SSSR count). The van der Waals surface area contributed by atoms with Gasteiger partial charge in [0, 0.05) is 6.54 Å². The van der Waals surface area contributed by atoms with Gasteiger partial charge in [-0.1, -0.05) is 71.9 Å². The minimum Gasteiger partial charge on any atom is -0.363 e. The number of piperidine rings is 1. The molecular weight excluding hydrogens is 576 g/mol. The van der Waals surface area contributed by atoms with Gasteiger partial charge in [-0.25, -0.2) is 4.79 Å². The summed E-state index contributed by atoms with van der Waals surface area (Å²) >= 11 is 0. The Bertz CT molecular complexity index is 1200. The van der Waals surface area contributed by atoms with E-state index in [1.165, 1.54) is 0 Å². The van der Waals surface area contributed by atoms with Gasteiger partial charge in [-0.2, -0.15) is 4.91 Å². The Morgan fingerprint density at radius 3 is 2.09 bits per heavy atom. The number of amides is 5. The Kier molecular flexibility index (Phi) is 9.35. The second kappa shape index (κ2) is 12.6. The van der Waals surface area contributed by atoms with Crippen molar-refractivity contribution in [3.8, 4) is 0 Å². The number of carbonyl (C=O) groups is 5. The predicted molar refractivity (Wildman–Crippen MR) is 167 cm³/mol. The first-order chi connectivity index (χ1) is 21.1. The van der Waals surface area contributed by atoms with Gasteiger partial charge < -0.3 is 26.6 Å². The van der Waals surface area contributed by atoms with Crippen molar-refractivity contribution in [3.63, 3.8) is 0 Å². The van der Waals surface area contributed by atoms with Crippen LogP contribution in [0.4, 0.5) is 4.79 Å². The largest absolute Gasteiger partial charge is 0.363 e. The molecule has 0 aromatic heterocycles. The van der Waals surface area contributed by atoms with E-state index < -0.39 is 59.3 Å². The van der Waals surface area contributed by atoms with Crippen LogP contribution in [0.15, 0.2) is 5.18 Å². The molecule has 0 spiro atoms. The molecule has 2 unspecified atom stereocenters. The summed E-state index contributed by atoms with van der Waals surface area (Å²) < 4.78 is 0. The highest BCUT2D eigenvalue weighted by atomic mass is 16.3. The molecule has 5 N–H and O–H groups in total. The summed E-state index contributed by atoms with van der Waals surface area (Å²) in [5.74, 6) is -2.20. The number of primary amides is 1. The number of urea groups is 1. The number of nitroso groups, excluding NO2 is 1. The molecule has 1 heterocycles. The SMILES string of the molecule is CC(C)(C)[C@H](NC(=O)N[C@@H](C1CCCCC1)C(N=O)C1CC1)C(=O)N1C[C@H]2[C@@H]([C@H]1C(=O)NC(CC1CC1)C(=O)C(N)=O)C2(C)C. The van der Waals surface area contributed by atoms with E-state index in [0.29, 0.717) is 13.0 Å². The summed E-state index contributed by atoms with van der Waals surface area (Å²) in [6.45, 7) is 10.1. The molecule has 1 saturated heterocycles. The number of Topliss-reactive ketones (excluding diaryl/α,β-unsaturated/α-hetero) is 1. The molecule has 4 aliphatic carbocycles. The third-order valence-corrected chi connectivity index (χ3v) is 11.3. The molecule has 0 aromatic carbocycles. The van der Waals surface area contributed by atoms with Crippen LogP contribution in [0.3, 0.4) is 0 Å². The number of nitrogens with zero attached hydrogens (tertiary/aromatic N) is 2. The zero-order chi connectivity index (χ0) is 32.8. The zero-order valence-electron chi connectivity index (χ0n) is 27.5. The van der Waals surface area contributed by atoms with E-state index in [9.17, 15) is 28.9 Å². The fourth-order valence-corrected chi connectivity index (χ4v) is 8.16. The number of likely N-dealkylation sites (tertiary alicyclic amines) is 1. The molecule has 7 atom stereocenters. The molecule has 5 aliphatic rings. The minimum atomic E-state index is -1.09. The lowest BCUT2D eigenvalue weighted by Gasteiger charge is -2.39. The summed E-state index contributed by atoms with van der Waals surface area (Å²) in [6.07, 6.45) is 9.14. The van der Waals surface area contributed by atoms with Crippen molar-refractivity contribution in [1.82, 2.24) is 20.9 Å². The highest BCUT2D eigenvalue weighted by Crippen LogP contribution is 2.65. The predicted octanol–water partition coefficient (Wildman–Crippen LogP) is 3.02. The van der Waals surface area contributed by atoms with Crippen LogP contribution in [0.5, 0.6) is 0 Å². The van der Waals surface area contributed by atoms with Crippen molar-refractivity contribution >= 4 is 29.5 Å². The number of ketones is 1. The Morgan fingerprint density at radius 1 is 0.911 bits per heavy atom. The molecule has 250 valence electrons. The zero-order valence-corrected chi connectivity index (χ0v) is 27.5. The van der Waals surface area contributed by atoms with Crippen LogP contribution in [0.25, 0.3) is 0 Å². The summed E-state index contributed by atoms with van der Waals surface area (Å²) in [7, 11) is 0. The Balaban J connectivity index is 1.33. The Labute approximate surface area is 266 Å². The number of hydrogen-bond acceptors (Lipinski definition) is 7. The molecule has 5 fully saturated rings. The maximum atomic E-state index is 14.3. The van der Waals surface area contributed by atoms with Gasteiger partial charge in [0.2, 0.25) is 17.6 Å². The van der Waals surface area contributed by atoms with Crippen LogP contribution in [-0.4, -0.2) is 71.2 Å². The maximum Gasteiger partial charge on any atom is 0.315 e. The van der Waals surface area contributed by atoms with E-state index in [1.54, 1.807) is 4.90 Å². The lowest BCUT2D eigenvalue weighted by Crippen LogP contribution is -2.62. The van der Waals surface area contributed by atoms with Crippen molar-refractivity contribution in [2.75, 3.05) is 6.54 Å². The van der Waals surface area contributed by atoms with Crippen LogP contribution in [0.2, 0.25) is 0 Å².